The molecule has 0 spiro atoms. The van der Waals surface area contributed by atoms with Gasteiger partial charge in [-0.1, -0.05) is 23.4 Å². The molecule has 2 heterocycles. The van der Waals surface area contributed by atoms with E-state index in [1.54, 1.807) is 30.5 Å². The average Bonchev–Trinajstić information content (AvgIpc) is 3.10. The number of hydrogen-bond donors (Lipinski definition) is 3. The van der Waals surface area contributed by atoms with E-state index in [1.165, 1.54) is 12.1 Å². The summed E-state index contributed by atoms with van der Waals surface area (Å²) in [6, 6.07) is 9.71. The van der Waals surface area contributed by atoms with Gasteiger partial charge in [-0.05, 0) is 23.8 Å². The zero-order valence-electron chi connectivity index (χ0n) is 13.1. The fraction of sp³-hybridized carbons (Fsp3) is 0.188. The largest absolute Gasteiger partial charge is 0.472 e. The SMILES string of the molecule is O=C(NCB(O)O)C1CC(c2ccc(-c3cccc(F)c3)cn2)=NO1. The maximum absolute atomic E-state index is 13.3. The molecule has 2 aromatic rings. The molecule has 3 rings (SSSR count). The van der Waals surface area contributed by atoms with Crippen LogP contribution in [0.5, 0.6) is 0 Å². The van der Waals surface area contributed by atoms with E-state index >= 15 is 0 Å². The molecule has 0 saturated carbocycles. The molecule has 1 amide bonds. The normalized spacial score (nSPS) is 16.1. The van der Waals surface area contributed by atoms with Gasteiger partial charge >= 0.3 is 7.12 Å². The predicted molar refractivity (Wildman–Crippen MR) is 88.9 cm³/mol. The van der Waals surface area contributed by atoms with E-state index in [2.05, 4.69) is 15.5 Å². The highest BCUT2D eigenvalue weighted by Gasteiger charge is 2.29. The smallest absolute Gasteiger partial charge is 0.426 e. The summed E-state index contributed by atoms with van der Waals surface area (Å²) < 4.78 is 13.3. The average molecular weight is 343 g/mol. The molecule has 0 saturated heterocycles. The minimum atomic E-state index is -1.62. The van der Waals surface area contributed by atoms with E-state index in [0.717, 1.165) is 5.56 Å². The van der Waals surface area contributed by atoms with Crippen LogP contribution < -0.4 is 5.32 Å². The van der Waals surface area contributed by atoms with E-state index in [-0.39, 0.29) is 18.7 Å². The van der Waals surface area contributed by atoms with E-state index in [9.17, 15) is 9.18 Å². The van der Waals surface area contributed by atoms with Crippen LogP contribution in [-0.2, 0) is 9.63 Å². The lowest BCUT2D eigenvalue weighted by molar-refractivity contribution is -0.130. The Morgan fingerprint density at radius 3 is 2.84 bits per heavy atom. The Kier molecular flexibility index (Phi) is 5.06. The topological polar surface area (TPSA) is 104 Å². The first-order valence-electron chi connectivity index (χ1n) is 7.62. The number of carbonyl (C=O) groups excluding carboxylic acids is 1. The third kappa shape index (κ3) is 4.20. The molecular weight excluding hydrogens is 328 g/mol. The summed E-state index contributed by atoms with van der Waals surface area (Å²) in [6.45, 7) is 0. The van der Waals surface area contributed by atoms with Crippen LogP contribution in [0.2, 0.25) is 0 Å². The molecule has 0 aliphatic carbocycles. The third-order valence-corrected chi connectivity index (χ3v) is 3.64. The van der Waals surface area contributed by atoms with Crippen LogP contribution in [0.4, 0.5) is 4.39 Å². The fourth-order valence-corrected chi connectivity index (χ4v) is 2.38. The fourth-order valence-electron chi connectivity index (χ4n) is 2.38. The first-order chi connectivity index (χ1) is 12.0. The Bertz CT molecular complexity index is 798. The number of benzene rings is 1. The van der Waals surface area contributed by atoms with Crippen LogP contribution in [-0.4, -0.2) is 46.3 Å². The van der Waals surface area contributed by atoms with Crippen LogP contribution >= 0.6 is 0 Å². The molecule has 0 fully saturated rings. The molecule has 1 aliphatic rings. The molecule has 1 aliphatic heterocycles. The van der Waals surface area contributed by atoms with Crippen molar-refractivity contribution in [1.82, 2.24) is 10.3 Å². The number of aromatic nitrogens is 1. The van der Waals surface area contributed by atoms with Crippen molar-refractivity contribution >= 4 is 18.7 Å². The summed E-state index contributed by atoms with van der Waals surface area (Å²) in [5.41, 5.74) is 2.53. The van der Waals surface area contributed by atoms with Crippen LogP contribution in [0.3, 0.4) is 0 Å². The van der Waals surface area contributed by atoms with Crippen molar-refractivity contribution in [2.75, 3.05) is 6.44 Å². The van der Waals surface area contributed by atoms with Gasteiger partial charge in [-0.25, -0.2) is 4.39 Å². The van der Waals surface area contributed by atoms with Crippen molar-refractivity contribution in [1.29, 1.82) is 0 Å². The first-order valence-corrected chi connectivity index (χ1v) is 7.62. The van der Waals surface area contributed by atoms with Gasteiger partial charge in [0.2, 0.25) is 6.10 Å². The van der Waals surface area contributed by atoms with Crippen LogP contribution in [0.1, 0.15) is 12.1 Å². The minimum Gasteiger partial charge on any atom is -0.426 e. The monoisotopic (exact) mass is 343 g/mol. The standard InChI is InChI=1S/C16H15BFN3O4/c18-12-3-1-2-10(6-12)11-4-5-13(19-8-11)14-7-15(25-21-14)16(22)20-9-17(23)24/h1-6,8,15,23-24H,7,9H2,(H,20,22). The van der Waals surface area contributed by atoms with Gasteiger partial charge in [0, 0.05) is 18.2 Å². The molecule has 0 radical (unpaired) electrons. The van der Waals surface area contributed by atoms with Gasteiger partial charge in [0.1, 0.15) is 11.5 Å². The molecule has 1 unspecified atom stereocenters. The lowest BCUT2D eigenvalue weighted by Gasteiger charge is -2.08. The lowest BCUT2D eigenvalue weighted by atomic mass is 9.92. The Morgan fingerprint density at radius 2 is 2.16 bits per heavy atom. The second kappa shape index (κ2) is 7.41. The molecular formula is C16H15BFN3O4. The number of nitrogens with zero attached hydrogens (tertiary/aromatic N) is 2. The highest BCUT2D eigenvalue weighted by Crippen LogP contribution is 2.21. The summed E-state index contributed by atoms with van der Waals surface area (Å²) in [6.07, 6.45) is 0.703. The van der Waals surface area contributed by atoms with Gasteiger partial charge in [-0.3, -0.25) is 9.78 Å². The van der Waals surface area contributed by atoms with E-state index in [1.807, 2.05) is 0 Å². The molecule has 1 atom stereocenters. The van der Waals surface area contributed by atoms with Crippen molar-refractivity contribution in [2.24, 2.45) is 5.16 Å². The first kappa shape index (κ1) is 17.1. The zero-order chi connectivity index (χ0) is 17.8. The summed E-state index contributed by atoms with van der Waals surface area (Å²) >= 11 is 0. The number of carbonyl (C=O) groups is 1. The van der Waals surface area contributed by atoms with Gasteiger partial charge in [-0.2, -0.15) is 0 Å². The summed E-state index contributed by atoms with van der Waals surface area (Å²) in [7, 11) is -1.62. The molecule has 0 bridgehead atoms. The second-order valence-electron chi connectivity index (χ2n) is 5.50. The van der Waals surface area contributed by atoms with Gasteiger partial charge in [0.15, 0.2) is 0 Å². The number of hydrogen-bond acceptors (Lipinski definition) is 6. The van der Waals surface area contributed by atoms with Crippen molar-refractivity contribution < 1.29 is 24.1 Å². The highest BCUT2D eigenvalue weighted by atomic mass is 19.1. The minimum absolute atomic E-state index is 0.222. The molecule has 1 aromatic carbocycles. The summed E-state index contributed by atoms with van der Waals surface area (Å²) in [5, 5.41) is 23.7. The Balaban J connectivity index is 1.65. The number of oxime groups is 1. The summed E-state index contributed by atoms with van der Waals surface area (Å²) in [4.78, 5) is 21.2. The van der Waals surface area contributed by atoms with Crippen LogP contribution in [0.15, 0.2) is 47.8 Å². The lowest BCUT2D eigenvalue weighted by Crippen LogP contribution is -2.41. The maximum atomic E-state index is 13.3. The molecule has 25 heavy (non-hydrogen) atoms. The number of pyridine rings is 1. The van der Waals surface area contributed by atoms with E-state index in [0.29, 0.717) is 17.0 Å². The number of halogens is 1. The van der Waals surface area contributed by atoms with E-state index in [4.69, 9.17) is 14.9 Å². The summed E-state index contributed by atoms with van der Waals surface area (Å²) in [5.74, 6) is -0.805. The van der Waals surface area contributed by atoms with Crippen molar-refractivity contribution in [3.63, 3.8) is 0 Å². The Morgan fingerprint density at radius 1 is 1.32 bits per heavy atom. The third-order valence-electron chi connectivity index (χ3n) is 3.64. The van der Waals surface area contributed by atoms with Crippen molar-refractivity contribution in [2.45, 2.75) is 12.5 Å². The Hall–Kier alpha value is -2.78. The van der Waals surface area contributed by atoms with Gasteiger partial charge in [0.25, 0.3) is 5.91 Å². The number of rotatable bonds is 5. The molecule has 9 heteroatoms. The van der Waals surface area contributed by atoms with E-state index < -0.39 is 19.1 Å². The maximum Gasteiger partial charge on any atom is 0.472 e. The van der Waals surface area contributed by atoms with Gasteiger partial charge < -0.3 is 20.2 Å². The highest BCUT2D eigenvalue weighted by molar-refractivity contribution is 6.41. The van der Waals surface area contributed by atoms with Crippen molar-refractivity contribution in [3.8, 4) is 11.1 Å². The van der Waals surface area contributed by atoms with Crippen LogP contribution in [0, 0.1) is 5.82 Å². The van der Waals surface area contributed by atoms with Gasteiger partial charge in [0.05, 0.1) is 12.1 Å². The molecule has 7 nitrogen and oxygen atoms in total. The Labute approximate surface area is 143 Å². The number of amides is 1. The molecule has 1 aromatic heterocycles. The molecule has 128 valence electrons. The van der Waals surface area contributed by atoms with Gasteiger partial charge in [-0.15, -0.1) is 0 Å². The number of nitrogens with one attached hydrogen (secondary N) is 1. The van der Waals surface area contributed by atoms with Crippen molar-refractivity contribution in [3.05, 3.63) is 54.1 Å². The second-order valence-corrected chi connectivity index (χ2v) is 5.50. The molecule has 3 N–H and O–H groups in total. The zero-order valence-corrected chi connectivity index (χ0v) is 13.1. The quantitative estimate of drug-likeness (QED) is 0.687. The van der Waals surface area contributed by atoms with Crippen LogP contribution in [0.25, 0.3) is 11.1 Å². The predicted octanol–water partition coefficient (Wildman–Crippen LogP) is 0.509.